The summed E-state index contributed by atoms with van der Waals surface area (Å²) in [5.74, 6) is -1.25. The summed E-state index contributed by atoms with van der Waals surface area (Å²) in [6.07, 6.45) is 1.45. The van der Waals surface area contributed by atoms with Crippen molar-refractivity contribution in [2.45, 2.75) is 13.8 Å². The van der Waals surface area contributed by atoms with Gasteiger partial charge in [-0.1, -0.05) is 0 Å². The lowest BCUT2D eigenvalue weighted by Gasteiger charge is -2.05. The standard InChI is InChI=1S/C14H14N4O4S/c1-3-15-14(22)17-9-5-4-8(6-16-9)12-18-10(7(2)19)11(23-12)13(20)21/h4-6H,3H2,1-2H3,(H,20,21)(H2,15,16,17,22). The summed E-state index contributed by atoms with van der Waals surface area (Å²) in [6.45, 7) is 3.56. The highest BCUT2D eigenvalue weighted by molar-refractivity contribution is 7.17. The number of anilines is 1. The molecule has 0 radical (unpaired) electrons. The number of carboxylic acid groups (broad SMARTS) is 1. The zero-order chi connectivity index (χ0) is 17.0. The number of hydrogen-bond acceptors (Lipinski definition) is 6. The number of carboxylic acids is 1. The number of Topliss-reactive ketones (excluding diaryl/α,β-unsaturated/α-hetero) is 1. The molecule has 0 aliphatic carbocycles. The minimum Gasteiger partial charge on any atom is -0.477 e. The fraction of sp³-hybridized carbons (Fsp3) is 0.214. The van der Waals surface area contributed by atoms with E-state index in [0.717, 1.165) is 11.3 Å². The van der Waals surface area contributed by atoms with Crippen molar-refractivity contribution in [3.8, 4) is 10.6 Å². The number of carbonyl (C=O) groups is 3. The molecule has 120 valence electrons. The summed E-state index contributed by atoms with van der Waals surface area (Å²) < 4.78 is 0. The second-order valence-electron chi connectivity index (χ2n) is 4.47. The SMILES string of the molecule is CCNC(=O)Nc1ccc(-c2nc(C(C)=O)c(C(=O)O)s2)cn1. The van der Waals surface area contributed by atoms with Gasteiger partial charge in [-0.2, -0.15) is 0 Å². The number of carbonyl (C=O) groups excluding carboxylic acids is 2. The lowest BCUT2D eigenvalue weighted by atomic mass is 10.2. The fourth-order valence-electron chi connectivity index (χ4n) is 1.74. The number of hydrogen-bond donors (Lipinski definition) is 3. The Morgan fingerprint density at radius 3 is 2.52 bits per heavy atom. The van der Waals surface area contributed by atoms with Crippen molar-refractivity contribution in [3.05, 3.63) is 28.9 Å². The molecule has 23 heavy (non-hydrogen) atoms. The third-order valence-electron chi connectivity index (χ3n) is 2.74. The van der Waals surface area contributed by atoms with E-state index in [0.29, 0.717) is 22.9 Å². The van der Waals surface area contributed by atoms with Crippen LogP contribution in [0.25, 0.3) is 10.6 Å². The molecular formula is C14H14N4O4S. The second-order valence-corrected chi connectivity index (χ2v) is 5.47. The van der Waals surface area contributed by atoms with Crippen molar-refractivity contribution in [3.63, 3.8) is 0 Å². The van der Waals surface area contributed by atoms with Crippen LogP contribution in [0.1, 0.15) is 34.0 Å². The van der Waals surface area contributed by atoms with E-state index >= 15 is 0 Å². The zero-order valence-corrected chi connectivity index (χ0v) is 13.2. The average Bonchev–Trinajstić information content (AvgIpc) is 2.94. The van der Waals surface area contributed by atoms with Gasteiger partial charge in [-0.25, -0.2) is 19.6 Å². The molecule has 2 aromatic rings. The van der Waals surface area contributed by atoms with Crippen molar-refractivity contribution in [2.75, 3.05) is 11.9 Å². The van der Waals surface area contributed by atoms with Crippen molar-refractivity contribution < 1.29 is 19.5 Å². The van der Waals surface area contributed by atoms with Crippen molar-refractivity contribution in [2.24, 2.45) is 0 Å². The lowest BCUT2D eigenvalue weighted by Crippen LogP contribution is -2.28. The smallest absolute Gasteiger partial charge is 0.348 e. The summed E-state index contributed by atoms with van der Waals surface area (Å²) in [6, 6.07) is 2.84. The van der Waals surface area contributed by atoms with Gasteiger partial charge in [0.1, 0.15) is 21.4 Å². The van der Waals surface area contributed by atoms with E-state index < -0.39 is 11.8 Å². The molecule has 0 saturated carbocycles. The summed E-state index contributed by atoms with van der Waals surface area (Å²) in [4.78, 5) is 42.0. The molecule has 9 heteroatoms. The molecule has 2 heterocycles. The Bertz CT molecular complexity index is 723. The Hall–Kier alpha value is -2.81. The molecule has 3 N–H and O–H groups in total. The Labute approximate surface area is 135 Å². The molecule has 0 aromatic carbocycles. The second kappa shape index (κ2) is 6.97. The average molecular weight is 334 g/mol. The van der Waals surface area contributed by atoms with Crippen molar-refractivity contribution in [1.29, 1.82) is 0 Å². The molecular weight excluding hydrogens is 320 g/mol. The predicted molar refractivity (Wildman–Crippen MR) is 85.0 cm³/mol. The van der Waals surface area contributed by atoms with Gasteiger partial charge in [0.15, 0.2) is 5.78 Å². The number of pyridine rings is 1. The molecule has 2 rings (SSSR count). The molecule has 0 fully saturated rings. The fourth-order valence-corrected chi connectivity index (χ4v) is 2.68. The maximum absolute atomic E-state index is 11.5. The molecule has 0 bridgehead atoms. The minimum atomic E-state index is -1.19. The number of aromatic carboxylic acids is 1. The van der Waals surface area contributed by atoms with Crippen LogP contribution in [0, 0.1) is 0 Å². The molecule has 0 saturated heterocycles. The van der Waals surface area contributed by atoms with Gasteiger partial charge in [-0.15, -0.1) is 11.3 Å². The maximum Gasteiger partial charge on any atom is 0.348 e. The Balaban J connectivity index is 2.26. The van der Waals surface area contributed by atoms with Gasteiger partial charge in [0, 0.05) is 25.2 Å². The van der Waals surface area contributed by atoms with E-state index in [9.17, 15) is 14.4 Å². The largest absolute Gasteiger partial charge is 0.477 e. The minimum absolute atomic E-state index is 0.0676. The maximum atomic E-state index is 11.5. The summed E-state index contributed by atoms with van der Waals surface area (Å²) in [7, 11) is 0. The van der Waals surface area contributed by atoms with Crippen LogP contribution >= 0.6 is 11.3 Å². The van der Waals surface area contributed by atoms with Gasteiger partial charge in [-0.05, 0) is 19.1 Å². The van der Waals surface area contributed by atoms with Gasteiger partial charge in [0.05, 0.1) is 0 Å². The van der Waals surface area contributed by atoms with Gasteiger partial charge in [0.25, 0.3) is 0 Å². The molecule has 8 nitrogen and oxygen atoms in total. The van der Waals surface area contributed by atoms with Gasteiger partial charge in [-0.3, -0.25) is 10.1 Å². The number of ketones is 1. The summed E-state index contributed by atoms with van der Waals surface area (Å²) in [5, 5.41) is 14.6. The molecule has 2 aromatic heterocycles. The van der Waals surface area contributed by atoms with E-state index in [4.69, 9.17) is 5.11 Å². The number of amides is 2. The topological polar surface area (TPSA) is 121 Å². The van der Waals surface area contributed by atoms with Crippen LogP contribution in [0.4, 0.5) is 10.6 Å². The zero-order valence-electron chi connectivity index (χ0n) is 12.4. The van der Waals surface area contributed by atoms with Gasteiger partial charge in [0.2, 0.25) is 0 Å². The van der Waals surface area contributed by atoms with E-state index in [2.05, 4.69) is 20.6 Å². The number of rotatable bonds is 5. The van der Waals surface area contributed by atoms with Crippen molar-refractivity contribution >= 4 is 34.9 Å². The summed E-state index contributed by atoms with van der Waals surface area (Å²) >= 11 is 0.906. The van der Waals surface area contributed by atoms with E-state index in [1.165, 1.54) is 13.1 Å². The number of nitrogens with one attached hydrogen (secondary N) is 2. The molecule has 0 spiro atoms. The van der Waals surface area contributed by atoms with Crippen LogP contribution in [-0.4, -0.2) is 39.4 Å². The number of aromatic nitrogens is 2. The molecule has 0 atom stereocenters. The Morgan fingerprint density at radius 1 is 1.30 bits per heavy atom. The van der Waals surface area contributed by atoms with E-state index in [1.807, 2.05) is 0 Å². The Kier molecular flexibility index (Phi) is 5.02. The molecule has 0 aliphatic heterocycles. The van der Waals surface area contributed by atoms with Gasteiger partial charge >= 0.3 is 12.0 Å². The highest BCUT2D eigenvalue weighted by Crippen LogP contribution is 2.28. The Morgan fingerprint density at radius 2 is 2.04 bits per heavy atom. The van der Waals surface area contributed by atoms with Crippen LogP contribution in [0.5, 0.6) is 0 Å². The van der Waals surface area contributed by atoms with Crippen LogP contribution in [0.15, 0.2) is 18.3 Å². The highest BCUT2D eigenvalue weighted by atomic mass is 32.1. The normalized spacial score (nSPS) is 10.2. The quantitative estimate of drug-likeness (QED) is 0.721. The number of thiazole rings is 1. The van der Waals surface area contributed by atoms with Gasteiger partial charge < -0.3 is 10.4 Å². The van der Waals surface area contributed by atoms with Crippen LogP contribution in [0.3, 0.4) is 0 Å². The van der Waals surface area contributed by atoms with Crippen LogP contribution < -0.4 is 10.6 Å². The monoisotopic (exact) mass is 334 g/mol. The highest BCUT2D eigenvalue weighted by Gasteiger charge is 2.21. The number of urea groups is 1. The first-order chi connectivity index (χ1) is 10.9. The summed E-state index contributed by atoms with van der Waals surface area (Å²) in [5.41, 5.74) is 0.494. The van der Waals surface area contributed by atoms with E-state index in [-0.39, 0.29) is 16.6 Å². The predicted octanol–water partition coefficient (Wildman–Crippen LogP) is 2.25. The third kappa shape index (κ3) is 3.89. The first-order valence-electron chi connectivity index (χ1n) is 6.68. The number of nitrogens with zero attached hydrogens (tertiary/aromatic N) is 2. The molecule has 0 aliphatic rings. The van der Waals surface area contributed by atoms with Crippen LogP contribution in [-0.2, 0) is 0 Å². The van der Waals surface area contributed by atoms with Crippen molar-refractivity contribution in [1.82, 2.24) is 15.3 Å². The first-order valence-corrected chi connectivity index (χ1v) is 7.50. The van der Waals surface area contributed by atoms with Crippen LogP contribution in [0.2, 0.25) is 0 Å². The lowest BCUT2D eigenvalue weighted by molar-refractivity contribution is 0.0697. The van der Waals surface area contributed by atoms with E-state index in [1.54, 1.807) is 19.1 Å². The third-order valence-corrected chi connectivity index (χ3v) is 3.84. The molecule has 0 unspecified atom stereocenters. The first kappa shape index (κ1) is 16.6. The molecule has 2 amide bonds.